The minimum Gasteiger partial charge on any atom is -0.396 e. The highest BCUT2D eigenvalue weighted by Crippen LogP contribution is 2.07. The van der Waals surface area contributed by atoms with Crippen molar-refractivity contribution in [2.75, 3.05) is 26.8 Å². The normalized spacial score (nSPS) is 10.5. The van der Waals surface area contributed by atoms with E-state index in [0.29, 0.717) is 32.4 Å². The number of aliphatic hydroxyl groups excluding tert-OH is 1. The second-order valence-electron chi connectivity index (χ2n) is 4.75. The standard InChI is InChI=1S/C13H27N3O4.2C2H6/c1-15-12(18)6-4-7-13(19)16-8-3-2-5-11(9-17)10-20-14;2*1-2/h11,17H,2-10,14H2,1H3,(H,15,18)(H,16,19);2*1-2H3. The highest BCUT2D eigenvalue weighted by molar-refractivity contribution is 5.78. The average molecular weight is 350 g/mol. The van der Waals surface area contributed by atoms with Crippen molar-refractivity contribution < 1.29 is 19.5 Å². The molecule has 0 aliphatic carbocycles. The molecule has 24 heavy (non-hydrogen) atoms. The lowest BCUT2D eigenvalue weighted by Gasteiger charge is -2.12. The summed E-state index contributed by atoms with van der Waals surface area (Å²) in [5, 5.41) is 14.4. The number of unbranched alkanes of at least 4 members (excludes halogenated alkanes) is 1. The minimum atomic E-state index is -0.0463. The second kappa shape index (κ2) is 24.1. The zero-order valence-electron chi connectivity index (χ0n) is 16.2. The fourth-order valence-electron chi connectivity index (χ4n) is 1.77. The molecule has 1 unspecified atom stereocenters. The van der Waals surface area contributed by atoms with Gasteiger partial charge >= 0.3 is 0 Å². The van der Waals surface area contributed by atoms with Crippen LogP contribution in [0.1, 0.15) is 66.2 Å². The van der Waals surface area contributed by atoms with Crippen LogP contribution in [0.5, 0.6) is 0 Å². The van der Waals surface area contributed by atoms with Gasteiger partial charge in [0, 0.05) is 39.0 Å². The predicted molar refractivity (Wildman–Crippen MR) is 98.2 cm³/mol. The Morgan fingerprint density at radius 1 is 1.04 bits per heavy atom. The van der Waals surface area contributed by atoms with Crippen molar-refractivity contribution in [3.63, 3.8) is 0 Å². The quantitative estimate of drug-likeness (QED) is 0.316. The number of nitrogens with one attached hydrogen (secondary N) is 2. The molecule has 0 radical (unpaired) electrons. The van der Waals surface area contributed by atoms with Crippen molar-refractivity contribution >= 4 is 11.8 Å². The Labute approximate surface area is 147 Å². The molecule has 0 bridgehead atoms. The molecular formula is C17H39N3O4. The maximum Gasteiger partial charge on any atom is 0.220 e. The molecule has 0 heterocycles. The zero-order valence-corrected chi connectivity index (χ0v) is 16.2. The van der Waals surface area contributed by atoms with Crippen LogP contribution < -0.4 is 16.5 Å². The zero-order chi connectivity index (χ0) is 19.2. The van der Waals surface area contributed by atoms with Crippen LogP contribution in [0.2, 0.25) is 0 Å². The summed E-state index contributed by atoms with van der Waals surface area (Å²) in [7, 11) is 1.58. The lowest BCUT2D eigenvalue weighted by molar-refractivity contribution is -0.122. The third-order valence-corrected chi connectivity index (χ3v) is 3.04. The summed E-state index contributed by atoms with van der Waals surface area (Å²) in [5.74, 6) is 4.94. The SMILES string of the molecule is CC.CC.CNC(=O)CCCC(=O)NCCCCC(CO)CON. The molecule has 0 aliphatic rings. The molecule has 5 N–H and O–H groups in total. The number of carbonyl (C=O) groups excluding carboxylic acids is 2. The van der Waals surface area contributed by atoms with Crippen LogP contribution in [0, 0.1) is 5.92 Å². The maximum atomic E-state index is 11.4. The summed E-state index contributed by atoms with van der Waals surface area (Å²) in [6, 6.07) is 0. The summed E-state index contributed by atoms with van der Waals surface area (Å²) in [6.45, 7) is 9.02. The van der Waals surface area contributed by atoms with Gasteiger partial charge in [-0.15, -0.1) is 0 Å². The third kappa shape index (κ3) is 20.8. The van der Waals surface area contributed by atoms with Gasteiger partial charge in [0.2, 0.25) is 11.8 Å². The maximum absolute atomic E-state index is 11.4. The van der Waals surface area contributed by atoms with Gasteiger partial charge in [-0.3, -0.25) is 9.59 Å². The summed E-state index contributed by atoms with van der Waals surface area (Å²) >= 11 is 0. The predicted octanol–water partition coefficient (Wildman–Crippen LogP) is 1.74. The van der Waals surface area contributed by atoms with Crippen LogP contribution in [-0.2, 0) is 14.4 Å². The molecule has 0 aromatic heterocycles. The molecule has 0 aliphatic heterocycles. The summed E-state index contributed by atoms with van der Waals surface area (Å²) in [4.78, 5) is 26.9. The van der Waals surface area contributed by atoms with Gasteiger partial charge in [-0.25, -0.2) is 5.90 Å². The lowest BCUT2D eigenvalue weighted by Crippen LogP contribution is -2.25. The molecule has 7 heteroatoms. The van der Waals surface area contributed by atoms with Crippen LogP contribution in [0.15, 0.2) is 0 Å². The van der Waals surface area contributed by atoms with Gasteiger partial charge in [0.05, 0.1) is 6.61 Å². The first kappa shape index (κ1) is 27.7. The fraction of sp³-hybridized carbons (Fsp3) is 0.882. The van der Waals surface area contributed by atoms with Gasteiger partial charge in [-0.1, -0.05) is 34.1 Å². The number of rotatable bonds is 12. The largest absolute Gasteiger partial charge is 0.396 e. The molecule has 7 nitrogen and oxygen atoms in total. The molecule has 0 saturated heterocycles. The Balaban J connectivity index is -0.00000102. The number of amides is 2. The van der Waals surface area contributed by atoms with E-state index in [4.69, 9.17) is 11.0 Å². The summed E-state index contributed by atoms with van der Waals surface area (Å²) < 4.78 is 0. The number of hydrogen-bond acceptors (Lipinski definition) is 5. The van der Waals surface area contributed by atoms with E-state index in [9.17, 15) is 9.59 Å². The molecule has 0 aromatic rings. The Morgan fingerprint density at radius 3 is 2.12 bits per heavy atom. The van der Waals surface area contributed by atoms with Gasteiger partial charge < -0.3 is 20.6 Å². The van der Waals surface area contributed by atoms with Gasteiger partial charge in [0.15, 0.2) is 0 Å². The van der Waals surface area contributed by atoms with Gasteiger partial charge in [0.1, 0.15) is 0 Å². The van der Waals surface area contributed by atoms with E-state index in [-0.39, 0.29) is 24.3 Å². The van der Waals surface area contributed by atoms with Crippen molar-refractivity contribution in [3.05, 3.63) is 0 Å². The highest BCUT2D eigenvalue weighted by atomic mass is 16.6. The van der Waals surface area contributed by atoms with Crippen LogP contribution in [0.3, 0.4) is 0 Å². The van der Waals surface area contributed by atoms with Gasteiger partial charge in [-0.05, 0) is 19.3 Å². The molecule has 0 fully saturated rings. The summed E-state index contributed by atoms with van der Waals surface area (Å²) in [5.41, 5.74) is 0. The van der Waals surface area contributed by atoms with E-state index < -0.39 is 0 Å². The van der Waals surface area contributed by atoms with E-state index in [1.165, 1.54) is 0 Å². The molecular weight excluding hydrogens is 310 g/mol. The first-order chi connectivity index (χ1) is 11.6. The molecule has 146 valence electrons. The van der Waals surface area contributed by atoms with E-state index >= 15 is 0 Å². The van der Waals surface area contributed by atoms with E-state index in [2.05, 4.69) is 15.5 Å². The molecule has 2 amide bonds. The molecule has 0 rings (SSSR count). The topological polar surface area (TPSA) is 114 Å². The molecule has 0 spiro atoms. The number of aliphatic hydroxyl groups is 1. The van der Waals surface area contributed by atoms with Crippen LogP contribution in [-0.4, -0.2) is 43.7 Å². The second-order valence-corrected chi connectivity index (χ2v) is 4.75. The Kier molecular flexibility index (Phi) is 27.7. The van der Waals surface area contributed by atoms with Crippen molar-refractivity contribution in [1.29, 1.82) is 0 Å². The Morgan fingerprint density at radius 2 is 1.62 bits per heavy atom. The number of hydrogen-bond donors (Lipinski definition) is 4. The van der Waals surface area contributed by atoms with E-state index in [0.717, 1.165) is 19.3 Å². The Bertz CT molecular complexity index is 277. The van der Waals surface area contributed by atoms with Crippen LogP contribution >= 0.6 is 0 Å². The smallest absolute Gasteiger partial charge is 0.220 e. The van der Waals surface area contributed by atoms with E-state index in [1.54, 1.807) is 7.05 Å². The number of carbonyl (C=O) groups is 2. The molecule has 0 saturated carbocycles. The van der Waals surface area contributed by atoms with Crippen molar-refractivity contribution in [1.82, 2.24) is 10.6 Å². The van der Waals surface area contributed by atoms with Crippen LogP contribution in [0.4, 0.5) is 0 Å². The van der Waals surface area contributed by atoms with Gasteiger partial charge in [-0.2, -0.15) is 0 Å². The molecule has 0 aromatic carbocycles. The monoisotopic (exact) mass is 349 g/mol. The van der Waals surface area contributed by atoms with E-state index in [1.807, 2.05) is 27.7 Å². The van der Waals surface area contributed by atoms with Crippen LogP contribution in [0.25, 0.3) is 0 Å². The number of nitrogens with two attached hydrogens (primary N) is 1. The third-order valence-electron chi connectivity index (χ3n) is 3.04. The van der Waals surface area contributed by atoms with Crippen molar-refractivity contribution in [2.45, 2.75) is 66.2 Å². The van der Waals surface area contributed by atoms with Gasteiger partial charge in [0.25, 0.3) is 0 Å². The highest BCUT2D eigenvalue weighted by Gasteiger charge is 2.07. The first-order valence-corrected chi connectivity index (χ1v) is 9.03. The minimum absolute atomic E-state index is 0.0297. The average Bonchev–Trinajstić information content (AvgIpc) is 2.63. The van der Waals surface area contributed by atoms with Crippen molar-refractivity contribution in [3.8, 4) is 0 Å². The first-order valence-electron chi connectivity index (χ1n) is 9.03. The van der Waals surface area contributed by atoms with Crippen molar-refractivity contribution in [2.24, 2.45) is 11.8 Å². The lowest BCUT2D eigenvalue weighted by atomic mass is 10.0. The Hall–Kier alpha value is -1.18. The molecule has 1 atom stereocenters. The summed E-state index contributed by atoms with van der Waals surface area (Å²) in [6.07, 6.45) is 3.87. The fourth-order valence-corrected chi connectivity index (χ4v) is 1.77.